The number of benzene rings is 2. The first kappa shape index (κ1) is 27.0. The molecule has 0 spiro atoms. The van der Waals surface area contributed by atoms with Crippen LogP contribution in [-0.4, -0.2) is 42.2 Å². The van der Waals surface area contributed by atoms with Gasteiger partial charge < -0.3 is 15.0 Å². The zero-order chi connectivity index (χ0) is 24.4. The van der Waals surface area contributed by atoms with Crippen molar-refractivity contribution in [1.82, 2.24) is 10.2 Å². The van der Waals surface area contributed by atoms with E-state index in [1.165, 1.54) is 17.8 Å². The third kappa shape index (κ3) is 8.23. The Morgan fingerprint density at radius 1 is 1.18 bits per heavy atom. The number of ether oxygens (including phenoxy) is 1. The number of hydrogen-bond acceptors (Lipinski definition) is 4. The minimum absolute atomic E-state index is 0.106. The van der Waals surface area contributed by atoms with Crippen LogP contribution in [0.1, 0.15) is 38.3 Å². The van der Waals surface area contributed by atoms with Gasteiger partial charge in [-0.15, -0.1) is 11.8 Å². The number of hydrogen-bond donors (Lipinski definition) is 1. The van der Waals surface area contributed by atoms with Crippen molar-refractivity contribution >= 4 is 35.2 Å². The molecule has 0 aliphatic heterocycles. The summed E-state index contributed by atoms with van der Waals surface area (Å²) in [6.07, 6.45) is 0.482. The summed E-state index contributed by atoms with van der Waals surface area (Å²) >= 11 is 7.38. The maximum Gasteiger partial charge on any atom is 0.242 e. The molecule has 0 saturated carbocycles. The Labute approximate surface area is 205 Å². The summed E-state index contributed by atoms with van der Waals surface area (Å²) in [4.78, 5) is 27.8. The first-order valence-corrected chi connectivity index (χ1v) is 12.5. The number of rotatable bonds is 12. The Balaban J connectivity index is 2.16. The first-order chi connectivity index (χ1) is 15.8. The topological polar surface area (TPSA) is 58.6 Å². The van der Waals surface area contributed by atoms with Gasteiger partial charge in [-0.2, -0.15) is 0 Å². The number of methoxy groups -OCH3 is 1. The second-order valence-electron chi connectivity index (χ2n) is 8.13. The Kier molecular flexibility index (Phi) is 11.0. The number of carbonyl (C=O) groups is 2. The van der Waals surface area contributed by atoms with Crippen LogP contribution in [0.3, 0.4) is 0 Å². The number of carbonyl (C=O) groups excluding carboxylic acids is 2. The molecule has 0 unspecified atom stereocenters. The van der Waals surface area contributed by atoms with E-state index in [1.807, 2.05) is 45.0 Å². The average molecular weight is 495 g/mol. The van der Waals surface area contributed by atoms with Gasteiger partial charge >= 0.3 is 0 Å². The molecular weight excluding hydrogens is 463 g/mol. The van der Waals surface area contributed by atoms with Crippen LogP contribution >= 0.6 is 23.4 Å². The van der Waals surface area contributed by atoms with Crippen LogP contribution in [0.15, 0.2) is 42.5 Å². The highest BCUT2D eigenvalue weighted by atomic mass is 35.5. The predicted molar refractivity (Wildman–Crippen MR) is 133 cm³/mol. The van der Waals surface area contributed by atoms with E-state index in [1.54, 1.807) is 24.1 Å². The summed E-state index contributed by atoms with van der Waals surface area (Å²) in [5.41, 5.74) is 1.27. The molecule has 0 bridgehead atoms. The molecule has 2 aromatic rings. The zero-order valence-electron chi connectivity index (χ0n) is 19.6. The van der Waals surface area contributed by atoms with Crippen LogP contribution in [-0.2, 0) is 21.9 Å². The van der Waals surface area contributed by atoms with E-state index in [4.69, 9.17) is 16.3 Å². The molecule has 0 heterocycles. The first-order valence-electron chi connectivity index (χ1n) is 11.0. The molecule has 0 fully saturated rings. The van der Waals surface area contributed by atoms with Gasteiger partial charge in [-0.05, 0) is 42.2 Å². The average Bonchev–Trinajstić information content (AvgIpc) is 2.79. The molecule has 2 rings (SSSR count). The molecule has 33 heavy (non-hydrogen) atoms. The molecule has 1 atom stereocenters. The summed E-state index contributed by atoms with van der Waals surface area (Å²) in [5.74, 6) is 0.648. The van der Waals surface area contributed by atoms with Crippen molar-refractivity contribution in [3.05, 3.63) is 64.4 Å². The molecule has 0 aliphatic carbocycles. The van der Waals surface area contributed by atoms with Crippen LogP contribution in [0.5, 0.6) is 5.75 Å². The normalized spacial score (nSPS) is 11.8. The number of amides is 2. The molecule has 2 amide bonds. The van der Waals surface area contributed by atoms with Crippen molar-refractivity contribution < 1.29 is 18.7 Å². The van der Waals surface area contributed by atoms with Crippen LogP contribution < -0.4 is 10.1 Å². The standard InChI is InChI=1S/C25H32ClFN2O3S/c1-5-23(25(31)28-13-17(2)3)29(14-18-9-11-19(32-4)12-10-18)24(30)16-33-15-20-21(26)7-6-8-22(20)27/h6-12,17,23H,5,13-16H2,1-4H3,(H,28,31)/t23-/m0/s1. The Hall–Kier alpha value is -2.25. The van der Waals surface area contributed by atoms with E-state index in [-0.39, 0.29) is 29.9 Å². The maximum atomic E-state index is 14.1. The van der Waals surface area contributed by atoms with E-state index in [2.05, 4.69) is 5.32 Å². The molecule has 1 N–H and O–H groups in total. The number of nitrogens with zero attached hydrogens (tertiary/aromatic N) is 1. The largest absolute Gasteiger partial charge is 0.497 e. The lowest BCUT2D eigenvalue weighted by molar-refractivity contribution is -0.139. The fourth-order valence-corrected chi connectivity index (χ4v) is 4.51. The fraction of sp³-hybridized carbons (Fsp3) is 0.440. The van der Waals surface area contributed by atoms with Crippen molar-refractivity contribution in [3.63, 3.8) is 0 Å². The molecule has 0 radical (unpaired) electrons. The van der Waals surface area contributed by atoms with Crippen molar-refractivity contribution in [2.45, 2.75) is 45.5 Å². The SMILES string of the molecule is CC[C@@H](C(=O)NCC(C)C)N(Cc1ccc(OC)cc1)C(=O)CSCc1c(F)cccc1Cl. The Morgan fingerprint density at radius 2 is 1.88 bits per heavy atom. The zero-order valence-corrected chi connectivity index (χ0v) is 21.1. The molecule has 5 nitrogen and oxygen atoms in total. The second kappa shape index (κ2) is 13.5. The molecule has 8 heteroatoms. The second-order valence-corrected chi connectivity index (χ2v) is 9.52. The summed E-state index contributed by atoms with van der Waals surface area (Å²) < 4.78 is 19.3. The van der Waals surface area contributed by atoms with E-state index in [0.717, 1.165) is 11.3 Å². The van der Waals surface area contributed by atoms with Crippen LogP contribution in [0.25, 0.3) is 0 Å². The van der Waals surface area contributed by atoms with Crippen LogP contribution in [0.4, 0.5) is 4.39 Å². The molecule has 0 aliphatic rings. The number of nitrogens with one attached hydrogen (secondary N) is 1. The fourth-order valence-electron chi connectivity index (χ4n) is 3.26. The van der Waals surface area contributed by atoms with Gasteiger partial charge in [-0.3, -0.25) is 9.59 Å². The van der Waals surface area contributed by atoms with Crippen LogP contribution in [0, 0.1) is 11.7 Å². The van der Waals surface area contributed by atoms with Gasteiger partial charge in [0.15, 0.2) is 0 Å². The Bertz CT molecular complexity index is 904. The maximum absolute atomic E-state index is 14.1. The quantitative estimate of drug-likeness (QED) is 0.435. The lowest BCUT2D eigenvalue weighted by Crippen LogP contribution is -2.50. The van der Waals surface area contributed by atoms with Gasteiger partial charge in [0.2, 0.25) is 11.8 Å². The lowest BCUT2D eigenvalue weighted by atomic mass is 10.1. The molecular formula is C25H32ClFN2O3S. The minimum atomic E-state index is -0.601. The van der Waals surface area contributed by atoms with Crippen molar-refractivity contribution in [2.24, 2.45) is 5.92 Å². The molecule has 180 valence electrons. The van der Waals surface area contributed by atoms with Gasteiger partial charge in [0.25, 0.3) is 0 Å². The highest BCUT2D eigenvalue weighted by Gasteiger charge is 2.28. The summed E-state index contributed by atoms with van der Waals surface area (Å²) in [6.45, 7) is 6.76. The summed E-state index contributed by atoms with van der Waals surface area (Å²) in [7, 11) is 1.59. The van der Waals surface area contributed by atoms with Gasteiger partial charge in [-0.25, -0.2) is 4.39 Å². The van der Waals surface area contributed by atoms with Crippen molar-refractivity contribution in [2.75, 3.05) is 19.4 Å². The van der Waals surface area contributed by atoms with Crippen molar-refractivity contribution in [3.8, 4) is 5.75 Å². The van der Waals surface area contributed by atoms with Crippen molar-refractivity contribution in [1.29, 1.82) is 0 Å². The Morgan fingerprint density at radius 3 is 2.45 bits per heavy atom. The van der Waals surface area contributed by atoms with Gasteiger partial charge in [0, 0.05) is 29.4 Å². The highest BCUT2D eigenvalue weighted by Crippen LogP contribution is 2.25. The summed E-state index contributed by atoms with van der Waals surface area (Å²) in [6, 6.07) is 11.3. The van der Waals surface area contributed by atoms with Crippen LogP contribution in [0.2, 0.25) is 5.02 Å². The minimum Gasteiger partial charge on any atom is -0.497 e. The molecule has 0 aromatic heterocycles. The third-order valence-corrected chi connectivity index (χ3v) is 6.41. The smallest absolute Gasteiger partial charge is 0.242 e. The summed E-state index contributed by atoms with van der Waals surface area (Å²) in [5, 5.41) is 3.28. The molecule has 0 saturated heterocycles. The van der Waals surface area contributed by atoms with E-state index >= 15 is 0 Å². The van der Waals surface area contributed by atoms with Gasteiger partial charge in [0.1, 0.15) is 17.6 Å². The molecule has 2 aromatic carbocycles. The highest BCUT2D eigenvalue weighted by molar-refractivity contribution is 7.99. The number of halogens is 2. The number of thioether (sulfide) groups is 1. The van der Waals surface area contributed by atoms with E-state index in [9.17, 15) is 14.0 Å². The third-order valence-electron chi connectivity index (χ3n) is 5.12. The lowest BCUT2D eigenvalue weighted by Gasteiger charge is -2.31. The van der Waals surface area contributed by atoms with Gasteiger partial charge in [-0.1, -0.05) is 50.6 Å². The monoisotopic (exact) mass is 494 g/mol. The van der Waals surface area contributed by atoms with E-state index < -0.39 is 11.9 Å². The predicted octanol–water partition coefficient (Wildman–Crippen LogP) is 5.30. The van der Waals surface area contributed by atoms with Gasteiger partial charge in [0.05, 0.1) is 12.9 Å². The van der Waals surface area contributed by atoms with E-state index in [0.29, 0.717) is 29.5 Å².